The van der Waals surface area contributed by atoms with Gasteiger partial charge in [0.05, 0.1) is 17.1 Å². The average Bonchev–Trinajstić information content (AvgIpc) is 2.87. The second kappa shape index (κ2) is 7.86. The lowest BCUT2D eigenvalue weighted by atomic mass is 9.95. The summed E-state index contributed by atoms with van der Waals surface area (Å²) in [6.07, 6.45) is 3.15. The van der Waals surface area contributed by atoms with Crippen LogP contribution in [-0.2, 0) is 10.2 Å². The third kappa shape index (κ3) is 3.41. The van der Waals surface area contributed by atoms with Crippen LogP contribution >= 0.6 is 12.4 Å². The lowest BCUT2D eigenvalue weighted by molar-refractivity contribution is 0.358. The largest absolute Gasteiger partial charge is 0.330 e. The first kappa shape index (κ1) is 19.0. The van der Waals surface area contributed by atoms with E-state index in [0.29, 0.717) is 18.2 Å². The van der Waals surface area contributed by atoms with Gasteiger partial charge >= 0.3 is 10.2 Å². The Balaban J connectivity index is 0.00000196. The fourth-order valence-corrected chi connectivity index (χ4v) is 5.46. The molecule has 26 heavy (non-hydrogen) atoms. The Morgan fingerprint density at radius 1 is 0.923 bits per heavy atom. The molecule has 2 heterocycles. The molecular formula is C19H24ClN3O2S. The first-order chi connectivity index (χ1) is 12.2. The van der Waals surface area contributed by atoms with Gasteiger partial charge in [-0.1, -0.05) is 30.3 Å². The van der Waals surface area contributed by atoms with Crippen LogP contribution in [-0.4, -0.2) is 28.1 Å². The lowest BCUT2D eigenvalue weighted by Crippen LogP contribution is -2.37. The average molecular weight is 394 g/mol. The van der Waals surface area contributed by atoms with Gasteiger partial charge in [0.15, 0.2) is 0 Å². The highest BCUT2D eigenvalue weighted by Gasteiger charge is 2.41. The van der Waals surface area contributed by atoms with E-state index in [-0.39, 0.29) is 12.4 Å². The summed E-state index contributed by atoms with van der Waals surface area (Å²) in [4.78, 5) is 0. The number of benzene rings is 2. The van der Waals surface area contributed by atoms with E-state index < -0.39 is 10.2 Å². The zero-order chi connectivity index (χ0) is 17.3. The van der Waals surface area contributed by atoms with E-state index in [1.165, 1.54) is 4.31 Å². The van der Waals surface area contributed by atoms with Gasteiger partial charge in [-0.2, -0.15) is 8.42 Å². The van der Waals surface area contributed by atoms with E-state index in [2.05, 4.69) is 5.32 Å². The molecule has 0 spiro atoms. The third-order valence-electron chi connectivity index (χ3n) is 5.07. The Bertz CT molecular complexity index is 839. The number of rotatable bonds is 4. The summed E-state index contributed by atoms with van der Waals surface area (Å²) >= 11 is 0. The van der Waals surface area contributed by atoms with Crippen molar-refractivity contribution in [2.45, 2.75) is 19.3 Å². The van der Waals surface area contributed by atoms with Crippen molar-refractivity contribution < 1.29 is 8.42 Å². The van der Waals surface area contributed by atoms with Crippen LogP contribution in [0.3, 0.4) is 0 Å². The Hall–Kier alpha value is -1.76. The van der Waals surface area contributed by atoms with Gasteiger partial charge in [-0.25, -0.2) is 4.31 Å². The zero-order valence-corrected chi connectivity index (χ0v) is 16.2. The number of hydrogen-bond acceptors (Lipinski definition) is 3. The second-order valence-electron chi connectivity index (χ2n) is 6.65. The van der Waals surface area contributed by atoms with Crippen LogP contribution in [0.25, 0.3) is 0 Å². The zero-order valence-electron chi connectivity index (χ0n) is 14.5. The number of hydrogen-bond donors (Lipinski definition) is 1. The summed E-state index contributed by atoms with van der Waals surface area (Å²) in [5, 5.41) is 3.36. The maximum atomic E-state index is 13.3. The highest BCUT2D eigenvalue weighted by atomic mass is 35.5. The second-order valence-corrected chi connectivity index (χ2v) is 8.35. The molecule has 1 N–H and O–H groups in total. The molecule has 2 aliphatic heterocycles. The number of fused-ring (bicyclic) bond motifs is 1. The fraction of sp³-hybridized carbons (Fsp3) is 0.368. The standard InChI is InChI=1S/C19H23N3O2S.ClH/c23-25(24)21(15-12-16-10-13-20-14-11-16)18-8-4-5-9-19(18)22(25)17-6-2-1-3-7-17;/h1-9,16,20H,10-15H2;1H. The van der Waals surface area contributed by atoms with Gasteiger partial charge in [0.25, 0.3) is 0 Å². The Labute approximate surface area is 161 Å². The van der Waals surface area contributed by atoms with Crippen molar-refractivity contribution in [1.82, 2.24) is 5.32 Å². The van der Waals surface area contributed by atoms with Crippen LogP contribution in [0.5, 0.6) is 0 Å². The molecule has 0 bridgehead atoms. The van der Waals surface area contributed by atoms with Gasteiger partial charge in [0.1, 0.15) is 0 Å². The minimum atomic E-state index is -3.59. The minimum Gasteiger partial charge on any atom is -0.317 e. The summed E-state index contributed by atoms with van der Waals surface area (Å²) in [6, 6.07) is 16.9. The molecule has 7 heteroatoms. The first-order valence-corrected chi connectivity index (χ1v) is 10.3. The minimum absolute atomic E-state index is 0. The SMILES string of the molecule is Cl.O=S1(=O)N(CCC2CCNCC2)c2ccccc2N1c1ccccc1. The van der Waals surface area contributed by atoms with E-state index in [4.69, 9.17) is 0 Å². The summed E-state index contributed by atoms with van der Waals surface area (Å²) in [5.74, 6) is 0.592. The molecule has 0 amide bonds. The molecule has 0 atom stereocenters. The molecule has 140 valence electrons. The number of nitrogens with zero attached hydrogens (tertiary/aromatic N) is 2. The maximum Gasteiger partial charge on any atom is 0.330 e. The Morgan fingerprint density at radius 2 is 1.54 bits per heavy atom. The Morgan fingerprint density at radius 3 is 2.23 bits per heavy atom. The first-order valence-electron chi connectivity index (χ1n) is 8.86. The lowest BCUT2D eigenvalue weighted by Gasteiger charge is -2.26. The van der Waals surface area contributed by atoms with Crippen molar-refractivity contribution in [3.8, 4) is 0 Å². The van der Waals surface area contributed by atoms with Crippen LogP contribution < -0.4 is 13.9 Å². The van der Waals surface area contributed by atoms with Crippen molar-refractivity contribution >= 4 is 39.7 Å². The van der Waals surface area contributed by atoms with Gasteiger partial charge in [0.2, 0.25) is 0 Å². The number of piperidine rings is 1. The number of nitrogens with one attached hydrogen (secondary N) is 1. The summed E-state index contributed by atoms with van der Waals surface area (Å²) < 4.78 is 29.6. The molecule has 2 aromatic carbocycles. The molecule has 0 aromatic heterocycles. The molecule has 2 aliphatic rings. The van der Waals surface area contributed by atoms with Crippen molar-refractivity contribution in [3.63, 3.8) is 0 Å². The van der Waals surface area contributed by atoms with E-state index in [1.54, 1.807) is 4.31 Å². The molecule has 0 saturated carbocycles. The van der Waals surface area contributed by atoms with Gasteiger partial charge in [0, 0.05) is 6.54 Å². The summed E-state index contributed by atoms with van der Waals surface area (Å²) in [6.45, 7) is 2.60. The van der Waals surface area contributed by atoms with Crippen LogP contribution in [0.1, 0.15) is 19.3 Å². The molecule has 0 aliphatic carbocycles. The topological polar surface area (TPSA) is 52.7 Å². The van der Waals surface area contributed by atoms with E-state index in [1.807, 2.05) is 54.6 Å². The molecular weight excluding hydrogens is 370 g/mol. The monoisotopic (exact) mass is 393 g/mol. The predicted molar refractivity (Wildman–Crippen MR) is 109 cm³/mol. The predicted octanol–water partition coefficient (Wildman–Crippen LogP) is 3.70. The van der Waals surface area contributed by atoms with Crippen LogP contribution in [0, 0.1) is 5.92 Å². The van der Waals surface area contributed by atoms with Crippen LogP contribution in [0.15, 0.2) is 54.6 Å². The van der Waals surface area contributed by atoms with Crippen LogP contribution in [0.2, 0.25) is 0 Å². The highest BCUT2D eigenvalue weighted by Crippen LogP contribution is 2.45. The molecule has 4 rings (SSSR count). The summed E-state index contributed by atoms with van der Waals surface area (Å²) in [5.41, 5.74) is 2.19. The van der Waals surface area contributed by atoms with Gasteiger partial charge in [-0.05, 0) is 62.5 Å². The van der Waals surface area contributed by atoms with Crippen molar-refractivity contribution in [3.05, 3.63) is 54.6 Å². The quantitative estimate of drug-likeness (QED) is 0.861. The van der Waals surface area contributed by atoms with Crippen molar-refractivity contribution in [1.29, 1.82) is 0 Å². The maximum absolute atomic E-state index is 13.3. The Kier molecular flexibility index (Phi) is 5.75. The molecule has 0 radical (unpaired) electrons. The van der Waals surface area contributed by atoms with Crippen LogP contribution in [0.4, 0.5) is 17.1 Å². The van der Waals surface area contributed by atoms with Gasteiger partial charge in [-0.3, -0.25) is 4.31 Å². The van der Waals surface area contributed by atoms with E-state index in [9.17, 15) is 8.42 Å². The molecule has 1 fully saturated rings. The number of anilines is 3. The normalized spacial score (nSPS) is 19.1. The van der Waals surface area contributed by atoms with Crippen molar-refractivity contribution in [2.24, 2.45) is 5.92 Å². The molecule has 0 unspecified atom stereocenters. The molecule has 2 aromatic rings. The third-order valence-corrected chi connectivity index (χ3v) is 6.87. The smallest absolute Gasteiger partial charge is 0.317 e. The molecule has 5 nitrogen and oxygen atoms in total. The van der Waals surface area contributed by atoms with Gasteiger partial charge < -0.3 is 5.32 Å². The fourth-order valence-electron chi connectivity index (χ4n) is 3.74. The highest BCUT2D eigenvalue weighted by molar-refractivity contribution is 7.95. The van der Waals surface area contributed by atoms with E-state index in [0.717, 1.165) is 43.7 Å². The molecule has 1 saturated heterocycles. The number of para-hydroxylation sites is 3. The van der Waals surface area contributed by atoms with Gasteiger partial charge in [-0.15, -0.1) is 12.4 Å². The summed E-state index contributed by atoms with van der Waals surface area (Å²) in [7, 11) is -3.59. The van der Waals surface area contributed by atoms with Crippen molar-refractivity contribution in [2.75, 3.05) is 28.2 Å². The number of halogens is 1. The van der Waals surface area contributed by atoms with E-state index >= 15 is 0 Å².